The second kappa shape index (κ2) is 7.17. The lowest BCUT2D eigenvalue weighted by atomic mass is 10.2. The third kappa shape index (κ3) is 3.88. The first-order valence-electron chi connectivity index (χ1n) is 6.66. The van der Waals surface area contributed by atoms with Gasteiger partial charge in [-0.05, 0) is 13.0 Å². The number of nitrogens with zero attached hydrogens (tertiary/aromatic N) is 2. The van der Waals surface area contributed by atoms with Gasteiger partial charge < -0.3 is 10.1 Å². The highest BCUT2D eigenvalue weighted by Crippen LogP contribution is 2.11. The van der Waals surface area contributed by atoms with Crippen molar-refractivity contribution in [2.24, 2.45) is 0 Å². The van der Waals surface area contributed by atoms with Crippen molar-refractivity contribution in [2.45, 2.75) is 20.0 Å². The molecule has 1 aromatic heterocycles. The number of benzene rings is 1. The Morgan fingerprint density at radius 3 is 2.85 bits per heavy atom. The normalized spacial score (nSPS) is 10.9. The largest absolute Gasteiger partial charge is 0.383 e. The van der Waals surface area contributed by atoms with Crippen molar-refractivity contribution >= 4 is 0 Å². The van der Waals surface area contributed by atoms with Crippen LogP contribution in [0.4, 0.5) is 4.39 Å². The Bertz CT molecular complexity index is 554. The molecule has 0 aliphatic heterocycles. The molecule has 1 heterocycles. The van der Waals surface area contributed by atoms with Crippen LogP contribution in [0.15, 0.2) is 30.5 Å². The van der Waals surface area contributed by atoms with Crippen molar-refractivity contribution in [3.05, 3.63) is 53.1 Å². The summed E-state index contributed by atoms with van der Waals surface area (Å²) >= 11 is 0. The highest BCUT2D eigenvalue weighted by Gasteiger charge is 2.07. The third-order valence-electron chi connectivity index (χ3n) is 3.14. The van der Waals surface area contributed by atoms with Gasteiger partial charge in [-0.15, -0.1) is 0 Å². The zero-order valence-electron chi connectivity index (χ0n) is 11.9. The predicted molar refractivity (Wildman–Crippen MR) is 76.0 cm³/mol. The minimum atomic E-state index is -0.194. The predicted octanol–water partition coefficient (Wildman–Crippen LogP) is 2.11. The standard InChI is InChI=1S/C15H20FN3O/c1-12-14(9-17-7-8-20-2)11-19(18-12)10-13-5-3-4-6-15(13)16/h3-6,11,17H,7-10H2,1-2H3. The van der Waals surface area contributed by atoms with E-state index < -0.39 is 0 Å². The number of aromatic nitrogens is 2. The molecule has 2 aromatic rings. The van der Waals surface area contributed by atoms with Crippen LogP contribution < -0.4 is 5.32 Å². The minimum absolute atomic E-state index is 0.194. The first kappa shape index (κ1) is 14.7. The van der Waals surface area contributed by atoms with Gasteiger partial charge >= 0.3 is 0 Å². The SMILES string of the molecule is COCCNCc1cn(Cc2ccccc2F)nc1C. The van der Waals surface area contributed by atoms with Gasteiger partial charge in [-0.3, -0.25) is 4.68 Å². The number of hydrogen-bond acceptors (Lipinski definition) is 3. The fourth-order valence-electron chi connectivity index (χ4n) is 2.01. The summed E-state index contributed by atoms with van der Waals surface area (Å²) in [4.78, 5) is 0. The second-order valence-corrected chi connectivity index (χ2v) is 4.70. The number of hydrogen-bond donors (Lipinski definition) is 1. The Balaban J connectivity index is 1.98. The Kier molecular flexibility index (Phi) is 5.26. The van der Waals surface area contributed by atoms with Gasteiger partial charge in [0.2, 0.25) is 0 Å². The number of nitrogens with one attached hydrogen (secondary N) is 1. The number of rotatable bonds is 7. The average molecular weight is 277 g/mol. The van der Waals surface area contributed by atoms with Gasteiger partial charge in [0.1, 0.15) is 5.82 Å². The maximum Gasteiger partial charge on any atom is 0.128 e. The van der Waals surface area contributed by atoms with E-state index in [1.165, 1.54) is 6.07 Å². The van der Waals surface area contributed by atoms with Crippen LogP contribution in [-0.2, 0) is 17.8 Å². The fraction of sp³-hybridized carbons (Fsp3) is 0.400. The average Bonchev–Trinajstić information content (AvgIpc) is 2.78. The molecule has 4 nitrogen and oxygen atoms in total. The molecule has 0 bridgehead atoms. The quantitative estimate of drug-likeness (QED) is 0.788. The molecule has 0 amide bonds. The van der Waals surface area contributed by atoms with Crippen LogP contribution in [0.1, 0.15) is 16.8 Å². The summed E-state index contributed by atoms with van der Waals surface area (Å²) in [5.74, 6) is -0.194. The van der Waals surface area contributed by atoms with E-state index in [4.69, 9.17) is 4.74 Å². The van der Waals surface area contributed by atoms with E-state index in [0.717, 1.165) is 24.3 Å². The van der Waals surface area contributed by atoms with Gasteiger partial charge in [0, 0.05) is 37.5 Å². The lowest BCUT2D eigenvalue weighted by molar-refractivity contribution is 0.199. The monoisotopic (exact) mass is 277 g/mol. The van der Waals surface area contributed by atoms with E-state index in [1.54, 1.807) is 23.9 Å². The zero-order chi connectivity index (χ0) is 14.4. The van der Waals surface area contributed by atoms with Gasteiger partial charge in [-0.2, -0.15) is 5.10 Å². The number of aryl methyl sites for hydroxylation is 1. The Morgan fingerprint density at radius 2 is 2.10 bits per heavy atom. The van der Waals surface area contributed by atoms with Gasteiger partial charge in [0.05, 0.1) is 18.8 Å². The smallest absolute Gasteiger partial charge is 0.128 e. The lowest BCUT2D eigenvalue weighted by Gasteiger charge is -2.03. The summed E-state index contributed by atoms with van der Waals surface area (Å²) in [5.41, 5.74) is 2.73. The molecule has 0 unspecified atom stereocenters. The molecule has 5 heteroatoms. The van der Waals surface area contributed by atoms with Crippen molar-refractivity contribution in [2.75, 3.05) is 20.3 Å². The summed E-state index contributed by atoms with van der Waals surface area (Å²) in [5, 5.41) is 7.70. The number of methoxy groups -OCH3 is 1. The fourth-order valence-corrected chi connectivity index (χ4v) is 2.01. The van der Waals surface area contributed by atoms with Crippen molar-refractivity contribution in [1.82, 2.24) is 15.1 Å². The van der Waals surface area contributed by atoms with Crippen LogP contribution in [0.2, 0.25) is 0 Å². The van der Waals surface area contributed by atoms with Crippen LogP contribution in [0, 0.1) is 12.7 Å². The summed E-state index contributed by atoms with van der Waals surface area (Å²) in [6.07, 6.45) is 1.96. The van der Waals surface area contributed by atoms with Gasteiger partial charge in [0.25, 0.3) is 0 Å². The Labute approximate surface area is 118 Å². The highest BCUT2D eigenvalue weighted by atomic mass is 19.1. The molecule has 0 fully saturated rings. The van der Waals surface area contributed by atoms with Gasteiger partial charge in [-0.25, -0.2) is 4.39 Å². The van der Waals surface area contributed by atoms with Crippen molar-refractivity contribution in [3.8, 4) is 0 Å². The van der Waals surface area contributed by atoms with Gasteiger partial charge in [0.15, 0.2) is 0 Å². The second-order valence-electron chi connectivity index (χ2n) is 4.70. The molecular weight excluding hydrogens is 257 g/mol. The molecule has 108 valence electrons. The number of ether oxygens (including phenoxy) is 1. The van der Waals surface area contributed by atoms with E-state index in [0.29, 0.717) is 18.7 Å². The Morgan fingerprint density at radius 1 is 1.30 bits per heavy atom. The maximum absolute atomic E-state index is 13.6. The van der Waals surface area contributed by atoms with E-state index in [-0.39, 0.29) is 5.82 Å². The van der Waals surface area contributed by atoms with Crippen LogP contribution in [-0.4, -0.2) is 30.0 Å². The van der Waals surface area contributed by atoms with E-state index in [1.807, 2.05) is 19.2 Å². The molecule has 0 aliphatic carbocycles. The molecule has 0 saturated carbocycles. The number of halogens is 1. The van der Waals surface area contributed by atoms with Crippen LogP contribution in [0.3, 0.4) is 0 Å². The van der Waals surface area contributed by atoms with E-state index in [9.17, 15) is 4.39 Å². The molecular formula is C15H20FN3O. The molecule has 0 spiro atoms. The van der Waals surface area contributed by atoms with Crippen molar-refractivity contribution in [3.63, 3.8) is 0 Å². The molecule has 0 atom stereocenters. The molecule has 0 saturated heterocycles. The van der Waals surface area contributed by atoms with Crippen molar-refractivity contribution < 1.29 is 9.13 Å². The van der Waals surface area contributed by atoms with Crippen LogP contribution >= 0.6 is 0 Å². The molecule has 2 rings (SSSR count). The summed E-state index contributed by atoms with van der Waals surface area (Å²) in [7, 11) is 1.68. The van der Waals surface area contributed by atoms with E-state index in [2.05, 4.69) is 10.4 Å². The van der Waals surface area contributed by atoms with Gasteiger partial charge in [-0.1, -0.05) is 18.2 Å². The highest BCUT2D eigenvalue weighted by molar-refractivity contribution is 5.20. The molecule has 0 aliphatic rings. The zero-order valence-corrected chi connectivity index (χ0v) is 11.9. The minimum Gasteiger partial charge on any atom is -0.383 e. The summed E-state index contributed by atoms with van der Waals surface area (Å²) in [6, 6.07) is 6.78. The maximum atomic E-state index is 13.6. The van der Waals surface area contributed by atoms with Crippen molar-refractivity contribution in [1.29, 1.82) is 0 Å². The third-order valence-corrected chi connectivity index (χ3v) is 3.14. The topological polar surface area (TPSA) is 39.1 Å². The van der Waals surface area contributed by atoms with Crippen LogP contribution in [0.25, 0.3) is 0 Å². The Hall–Kier alpha value is -1.72. The first-order valence-corrected chi connectivity index (χ1v) is 6.66. The summed E-state index contributed by atoms with van der Waals surface area (Å²) < 4.78 is 20.4. The summed E-state index contributed by atoms with van der Waals surface area (Å²) in [6.45, 7) is 4.64. The molecule has 0 radical (unpaired) electrons. The molecule has 1 aromatic carbocycles. The van der Waals surface area contributed by atoms with Crippen LogP contribution in [0.5, 0.6) is 0 Å². The lowest BCUT2D eigenvalue weighted by Crippen LogP contribution is -2.18. The van der Waals surface area contributed by atoms with E-state index >= 15 is 0 Å². The first-order chi connectivity index (χ1) is 9.70. The molecule has 1 N–H and O–H groups in total. The molecule has 20 heavy (non-hydrogen) atoms.